The Morgan fingerprint density at radius 1 is 1.33 bits per heavy atom. The molecule has 0 aliphatic rings. The second-order valence-corrected chi connectivity index (χ2v) is 4.22. The van der Waals surface area contributed by atoms with Crippen molar-refractivity contribution in [3.8, 4) is 0 Å². The smallest absolute Gasteiger partial charge is 0.244 e. The molecule has 1 amide bonds. The molecule has 0 radical (unpaired) electrons. The highest BCUT2D eigenvalue weighted by Crippen LogP contribution is 2.21. The Morgan fingerprint density at radius 2 is 2.00 bits per heavy atom. The number of carbonyl (C=O) groups is 1. The van der Waals surface area contributed by atoms with Gasteiger partial charge in [-0.2, -0.15) is 0 Å². The lowest BCUT2D eigenvalue weighted by atomic mass is 9.89. The summed E-state index contributed by atoms with van der Waals surface area (Å²) in [5.74, 6) is -0.411. The van der Waals surface area contributed by atoms with Gasteiger partial charge in [0, 0.05) is 6.61 Å². The molecule has 1 aromatic carbocycles. The highest BCUT2D eigenvalue weighted by Gasteiger charge is 2.37. The maximum Gasteiger partial charge on any atom is 0.244 e. The van der Waals surface area contributed by atoms with Crippen molar-refractivity contribution in [3.63, 3.8) is 0 Å². The van der Waals surface area contributed by atoms with Crippen LogP contribution in [0, 0.1) is 0 Å². The number of nitrogens with one attached hydrogen (secondary N) is 1. The van der Waals surface area contributed by atoms with Crippen LogP contribution in [0.15, 0.2) is 30.3 Å². The van der Waals surface area contributed by atoms with Crippen LogP contribution in [0.5, 0.6) is 0 Å². The Balaban J connectivity index is 3.01. The first kappa shape index (κ1) is 14.7. The summed E-state index contributed by atoms with van der Waals surface area (Å²) < 4.78 is 5.55. The average Bonchev–Trinajstić information content (AvgIpc) is 2.38. The first-order chi connectivity index (χ1) is 8.67. The van der Waals surface area contributed by atoms with Gasteiger partial charge in [-0.3, -0.25) is 10.1 Å². The monoisotopic (exact) mass is 250 g/mol. The number of benzene rings is 1. The number of primary amides is 1. The summed E-state index contributed by atoms with van der Waals surface area (Å²) in [7, 11) is 0. The van der Waals surface area contributed by atoms with Crippen molar-refractivity contribution in [2.75, 3.05) is 19.8 Å². The first-order valence-electron chi connectivity index (χ1n) is 6.35. The van der Waals surface area contributed by atoms with Gasteiger partial charge in [0.2, 0.25) is 5.91 Å². The fourth-order valence-corrected chi connectivity index (χ4v) is 1.93. The molecule has 0 fully saturated rings. The quantitative estimate of drug-likeness (QED) is 0.686. The minimum atomic E-state index is -0.939. The Kier molecular flexibility index (Phi) is 5.82. The van der Waals surface area contributed by atoms with Crippen LogP contribution in [-0.2, 0) is 15.1 Å². The van der Waals surface area contributed by atoms with Crippen molar-refractivity contribution < 1.29 is 9.53 Å². The lowest BCUT2D eigenvalue weighted by molar-refractivity contribution is -0.127. The van der Waals surface area contributed by atoms with Gasteiger partial charge < -0.3 is 10.5 Å². The molecule has 1 atom stereocenters. The summed E-state index contributed by atoms with van der Waals surface area (Å²) in [6.45, 7) is 5.50. The van der Waals surface area contributed by atoms with Gasteiger partial charge >= 0.3 is 0 Å². The third-order valence-corrected chi connectivity index (χ3v) is 2.83. The summed E-state index contributed by atoms with van der Waals surface area (Å²) in [4.78, 5) is 11.9. The molecule has 0 aliphatic heterocycles. The predicted octanol–water partition coefficient (Wildman–Crippen LogP) is 1.40. The van der Waals surface area contributed by atoms with Gasteiger partial charge in [-0.25, -0.2) is 0 Å². The topological polar surface area (TPSA) is 64.3 Å². The number of likely N-dealkylation sites (N-methyl/N-ethyl adjacent to an activating group) is 1. The molecule has 1 aromatic rings. The summed E-state index contributed by atoms with van der Waals surface area (Å²) in [6, 6.07) is 9.48. The Hall–Kier alpha value is -1.39. The van der Waals surface area contributed by atoms with Crippen LogP contribution >= 0.6 is 0 Å². The van der Waals surface area contributed by atoms with Crippen molar-refractivity contribution in [2.24, 2.45) is 5.73 Å². The third-order valence-electron chi connectivity index (χ3n) is 2.83. The van der Waals surface area contributed by atoms with E-state index >= 15 is 0 Å². The fraction of sp³-hybridized carbons (Fsp3) is 0.500. The highest BCUT2D eigenvalue weighted by atomic mass is 16.5. The number of hydrogen-bond donors (Lipinski definition) is 2. The van der Waals surface area contributed by atoms with Gasteiger partial charge in [0.05, 0.1) is 6.61 Å². The molecule has 0 spiro atoms. The Bertz CT molecular complexity index is 367. The number of nitrogens with two attached hydrogens (primary N) is 1. The van der Waals surface area contributed by atoms with Crippen molar-refractivity contribution >= 4 is 5.91 Å². The van der Waals surface area contributed by atoms with E-state index in [0.29, 0.717) is 13.2 Å². The molecule has 4 nitrogen and oxygen atoms in total. The molecule has 18 heavy (non-hydrogen) atoms. The van der Waals surface area contributed by atoms with Crippen molar-refractivity contribution in [1.29, 1.82) is 0 Å². The lowest BCUT2D eigenvalue weighted by Crippen LogP contribution is -2.55. The van der Waals surface area contributed by atoms with E-state index in [2.05, 4.69) is 5.32 Å². The highest BCUT2D eigenvalue weighted by molar-refractivity contribution is 5.86. The maximum absolute atomic E-state index is 11.9. The van der Waals surface area contributed by atoms with E-state index < -0.39 is 11.4 Å². The summed E-state index contributed by atoms with van der Waals surface area (Å²) in [6.07, 6.45) is 0.912. The second-order valence-electron chi connectivity index (χ2n) is 4.22. The van der Waals surface area contributed by atoms with Crippen LogP contribution in [0.25, 0.3) is 0 Å². The molecular weight excluding hydrogens is 228 g/mol. The molecule has 0 bridgehead atoms. The molecular formula is C14H22N2O2. The zero-order valence-electron chi connectivity index (χ0n) is 11.1. The molecule has 1 unspecified atom stereocenters. The van der Waals surface area contributed by atoms with E-state index in [1.165, 1.54) is 0 Å². The number of amides is 1. The average molecular weight is 250 g/mol. The molecule has 3 N–H and O–H groups in total. The molecule has 0 saturated heterocycles. The zero-order chi connectivity index (χ0) is 13.4. The molecule has 0 heterocycles. The van der Waals surface area contributed by atoms with Crippen LogP contribution in [0.3, 0.4) is 0 Å². The van der Waals surface area contributed by atoms with E-state index in [-0.39, 0.29) is 6.61 Å². The van der Waals surface area contributed by atoms with Gasteiger partial charge in [-0.15, -0.1) is 0 Å². The molecule has 0 saturated carbocycles. The van der Waals surface area contributed by atoms with E-state index in [0.717, 1.165) is 12.0 Å². The standard InChI is InChI=1S/C14H22N2O2/c1-3-10-18-11-14(13(15)17,16-4-2)12-8-6-5-7-9-12/h5-9,16H,3-4,10-11H2,1-2H3,(H2,15,17). The Labute approximate surface area is 109 Å². The number of hydrogen-bond acceptors (Lipinski definition) is 3. The molecule has 0 aromatic heterocycles. The second kappa shape index (κ2) is 7.13. The minimum absolute atomic E-state index is 0.258. The zero-order valence-corrected chi connectivity index (χ0v) is 11.1. The first-order valence-corrected chi connectivity index (χ1v) is 6.35. The molecule has 4 heteroatoms. The van der Waals surface area contributed by atoms with Gasteiger partial charge in [0.1, 0.15) is 5.54 Å². The largest absolute Gasteiger partial charge is 0.379 e. The number of carbonyl (C=O) groups excluding carboxylic acids is 1. The van der Waals surface area contributed by atoms with Crippen LogP contribution in [0.1, 0.15) is 25.8 Å². The van der Waals surface area contributed by atoms with E-state index in [1.54, 1.807) is 0 Å². The summed E-state index contributed by atoms with van der Waals surface area (Å²) in [5.41, 5.74) is 5.49. The van der Waals surface area contributed by atoms with Gasteiger partial charge in [-0.05, 0) is 18.5 Å². The SMILES string of the molecule is CCCOCC(NCC)(C(N)=O)c1ccccc1. The van der Waals surface area contributed by atoms with E-state index in [4.69, 9.17) is 10.5 Å². The third kappa shape index (κ3) is 3.31. The maximum atomic E-state index is 11.9. The summed E-state index contributed by atoms with van der Waals surface area (Å²) >= 11 is 0. The van der Waals surface area contributed by atoms with Crippen molar-refractivity contribution in [2.45, 2.75) is 25.8 Å². The van der Waals surface area contributed by atoms with Crippen LogP contribution in [0.4, 0.5) is 0 Å². The molecule has 0 aliphatic carbocycles. The van der Waals surface area contributed by atoms with Gasteiger partial charge in [-0.1, -0.05) is 44.2 Å². The van der Waals surface area contributed by atoms with Gasteiger partial charge in [0.15, 0.2) is 0 Å². The minimum Gasteiger partial charge on any atom is -0.379 e. The number of ether oxygens (including phenoxy) is 1. The normalized spacial score (nSPS) is 14.1. The molecule has 1 rings (SSSR count). The van der Waals surface area contributed by atoms with Crippen LogP contribution < -0.4 is 11.1 Å². The predicted molar refractivity (Wildman–Crippen MR) is 72.1 cm³/mol. The van der Waals surface area contributed by atoms with Crippen LogP contribution in [-0.4, -0.2) is 25.7 Å². The number of rotatable bonds is 8. The van der Waals surface area contributed by atoms with Gasteiger partial charge in [0.25, 0.3) is 0 Å². The Morgan fingerprint density at radius 3 is 2.50 bits per heavy atom. The summed E-state index contributed by atoms with van der Waals surface area (Å²) in [5, 5.41) is 3.17. The lowest BCUT2D eigenvalue weighted by Gasteiger charge is -2.31. The van der Waals surface area contributed by atoms with Crippen molar-refractivity contribution in [1.82, 2.24) is 5.32 Å². The van der Waals surface area contributed by atoms with E-state index in [1.807, 2.05) is 44.2 Å². The molecule has 100 valence electrons. The fourth-order valence-electron chi connectivity index (χ4n) is 1.93. The van der Waals surface area contributed by atoms with E-state index in [9.17, 15) is 4.79 Å². The van der Waals surface area contributed by atoms with Crippen LogP contribution in [0.2, 0.25) is 0 Å². The van der Waals surface area contributed by atoms with Crippen molar-refractivity contribution in [3.05, 3.63) is 35.9 Å².